The molecular weight excluding hydrogens is 208 g/mol. The van der Waals surface area contributed by atoms with Crippen LogP contribution >= 0.6 is 0 Å². The molecule has 0 aromatic heterocycles. The summed E-state index contributed by atoms with van der Waals surface area (Å²) in [6.45, 7) is 6.05. The van der Waals surface area contributed by atoms with Crippen LogP contribution < -0.4 is 0 Å². The lowest BCUT2D eigenvalue weighted by Crippen LogP contribution is -1.97. The highest BCUT2D eigenvalue weighted by Crippen LogP contribution is 2.29. The summed E-state index contributed by atoms with van der Waals surface area (Å²) in [5, 5.41) is 9.99. The fourth-order valence-electron chi connectivity index (χ4n) is 2.29. The highest BCUT2D eigenvalue weighted by molar-refractivity contribution is 5.49. The zero-order valence-corrected chi connectivity index (χ0v) is 10.6. The van der Waals surface area contributed by atoms with Gasteiger partial charge >= 0.3 is 0 Å². The molecule has 0 saturated carbocycles. The SMILES string of the molecule is Cc1cc(C)c(Cc2ccccc2)c(C)c1O. The van der Waals surface area contributed by atoms with Gasteiger partial charge in [-0.1, -0.05) is 36.4 Å². The Morgan fingerprint density at radius 1 is 0.941 bits per heavy atom. The van der Waals surface area contributed by atoms with Crippen molar-refractivity contribution < 1.29 is 5.11 Å². The number of phenols is 1. The maximum Gasteiger partial charge on any atom is 0.121 e. The highest BCUT2D eigenvalue weighted by atomic mass is 16.3. The number of hydrogen-bond donors (Lipinski definition) is 1. The van der Waals surface area contributed by atoms with Gasteiger partial charge in [-0.2, -0.15) is 0 Å². The van der Waals surface area contributed by atoms with E-state index in [0.717, 1.165) is 17.5 Å². The van der Waals surface area contributed by atoms with Gasteiger partial charge in [0.2, 0.25) is 0 Å². The van der Waals surface area contributed by atoms with Crippen molar-refractivity contribution in [2.45, 2.75) is 27.2 Å². The van der Waals surface area contributed by atoms with E-state index in [1.54, 1.807) is 0 Å². The number of hydrogen-bond acceptors (Lipinski definition) is 1. The van der Waals surface area contributed by atoms with Crippen molar-refractivity contribution in [2.75, 3.05) is 0 Å². The zero-order valence-electron chi connectivity index (χ0n) is 10.6. The average molecular weight is 226 g/mol. The van der Waals surface area contributed by atoms with E-state index in [9.17, 15) is 5.11 Å². The third kappa shape index (κ3) is 2.33. The van der Waals surface area contributed by atoms with Crippen molar-refractivity contribution >= 4 is 0 Å². The molecule has 2 aromatic carbocycles. The molecular formula is C16H18O. The molecule has 0 heterocycles. The van der Waals surface area contributed by atoms with E-state index in [2.05, 4.69) is 25.1 Å². The smallest absolute Gasteiger partial charge is 0.121 e. The molecule has 1 heteroatoms. The molecule has 0 atom stereocenters. The molecule has 0 unspecified atom stereocenters. The molecule has 0 saturated heterocycles. The summed E-state index contributed by atoms with van der Waals surface area (Å²) in [6, 6.07) is 12.4. The lowest BCUT2D eigenvalue weighted by Gasteiger charge is -2.13. The minimum atomic E-state index is 0.432. The summed E-state index contributed by atoms with van der Waals surface area (Å²) in [4.78, 5) is 0. The van der Waals surface area contributed by atoms with Crippen LogP contribution in [0.25, 0.3) is 0 Å². The van der Waals surface area contributed by atoms with Crippen LogP contribution in [0.5, 0.6) is 5.75 Å². The number of benzene rings is 2. The second kappa shape index (κ2) is 4.62. The van der Waals surface area contributed by atoms with E-state index >= 15 is 0 Å². The normalized spacial score (nSPS) is 10.5. The van der Waals surface area contributed by atoms with Crippen LogP contribution in [0.15, 0.2) is 36.4 Å². The first-order valence-corrected chi connectivity index (χ1v) is 5.92. The van der Waals surface area contributed by atoms with E-state index in [1.807, 2.05) is 32.0 Å². The Hall–Kier alpha value is -1.76. The Bertz CT molecular complexity index is 527. The molecule has 1 nitrogen and oxygen atoms in total. The Labute approximate surface area is 103 Å². The summed E-state index contributed by atoms with van der Waals surface area (Å²) in [5.74, 6) is 0.432. The third-order valence-electron chi connectivity index (χ3n) is 3.31. The van der Waals surface area contributed by atoms with E-state index in [-0.39, 0.29) is 0 Å². The number of aromatic hydroxyl groups is 1. The lowest BCUT2D eigenvalue weighted by atomic mass is 9.93. The van der Waals surface area contributed by atoms with Crippen LogP contribution in [0.3, 0.4) is 0 Å². The largest absolute Gasteiger partial charge is 0.507 e. The van der Waals surface area contributed by atoms with Gasteiger partial charge in [0.1, 0.15) is 5.75 Å². The van der Waals surface area contributed by atoms with Crippen LogP contribution in [0.2, 0.25) is 0 Å². The Morgan fingerprint density at radius 3 is 2.24 bits per heavy atom. The van der Waals surface area contributed by atoms with Crippen molar-refractivity contribution in [3.8, 4) is 5.75 Å². The van der Waals surface area contributed by atoms with Crippen molar-refractivity contribution in [2.24, 2.45) is 0 Å². The summed E-state index contributed by atoms with van der Waals surface area (Å²) in [7, 11) is 0. The maximum absolute atomic E-state index is 9.99. The first-order valence-electron chi connectivity index (χ1n) is 5.92. The predicted molar refractivity (Wildman–Crippen MR) is 71.6 cm³/mol. The standard InChI is InChI=1S/C16H18O/c1-11-9-12(2)16(17)13(3)15(11)10-14-7-5-4-6-8-14/h4-9,17H,10H2,1-3H3. The van der Waals surface area contributed by atoms with Crippen LogP contribution in [0.4, 0.5) is 0 Å². The molecule has 0 aliphatic heterocycles. The van der Waals surface area contributed by atoms with Gasteiger partial charge in [-0.25, -0.2) is 0 Å². The Balaban J connectivity index is 2.43. The highest BCUT2D eigenvalue weighted by Gasteiger charge is 2.10. The monoisotopic (exact) mass is 226 g/mol. The van der Waals surface area contributed by atoms with Gasteiger partial charge in [-0.05, 0) is 55.0 Å². The van der Waals surface area contributed by atoms with Gasteiger partial charge in [0.25, 0.3) is 0 Å². The molecule has 0 aliphatic carbocycles. The summed E-state index contributed by atoms with van der Waals surface area (Å²) in [5.41, 5.74) is 5.73. The zero-order chi connectivity index (χ0) is 12.4. The minimum absolute atomic E-state index is 0.432. The quantitative estimate of drug-likeness (QED) is 0.823. The second-order valence-corrected chi connectivity index (χ2v) is 4.62. The van der Waals surface area contributed by atoms with Gasteiger partial charge in [0, 0.05) is 0 Å². The van der Waals surface area contributed by atoms with Crippen molar-refractivity contribution in [3.05, 3.63) is 64.2 Å². The first kappa shape index (κ1) is 11.7. The average Bonchev–Trinajstić information content (AvgIpc) is 2.33. The third-order valence-corrected chi connectivity index (χ3v) is 3.31. The van der Waals surface area contributed by atoms with Crippen molar-refractivity contribution in [1.82, 2.24) is 0 Å². The Morgan fingerprint density at radius 2 is 1.59 bits per heavy atom. The molecule has 0 spiro atoms. The molecule has 2 rings (SSSR count). The van der Waals surface area contributed by atoms with Gasteiger partial charge in [0.15, 0.2) is 0 Å². The van der Waals surface area contributed by atoms with Gasteiger partial charge in [-0.3, -0.25) is 0 Å². The summed E-state index contributed by atoms with van der Waals surface area (Å²) in [6.07, 6.45) is 0.881. The van der Waals surface area contributed by atoms with E-state index in [1.165, 1.54) is 16.7 Å². The molecule has 88 valence electrons. The van der Waals surface area contributed by atoms with E-state index in [0.29, 0.717) is 5.75 Å². The molecule has 17 heavy (non-hydrogen) atoms. The Kier molecular flexibility index (Phi) is 3.19. The molecule has 0 bridgehead atoms. The number of aryl methyl sites for hydroxylation is 2. The van der Waals surface area contributed by atoms with E-state index < -0.39 is 0 Å². The fourth-order valence-corrected chi connectivity index (χ4v) is 2.29. The molecule has 2 aromatic rings. The van der Waals surface area contributed by atoms with Gasteiger partial charge < -0.3 is 5.11 Å². The second-order valence-electron chi connectivity index (χ2n) is 4.62. The van der Waals surface area contributed by atoms with Crippen molar-refractivity contribution in [3.63, 3.8) is 0 Å². The topological polar surface area (TPSA) is 20.2 Å². The van der Waals surface area contributed by atoms with Crippen LogP contribution in [-0.4, -0.2) is 5.11 Å². The minimum Gasteiger partial charge on any atom is -0.507 e. The first-order chi connectivity index (χ1) is 8.09. The summed E-state index contributed by atoms with van der Waals surface area (Å²) < 4.78 is 0. The molecule has 0 amide bonds. The molecule has 0 fully saturated rings. The molecule has 0 aliphatic rings. The number of phenolic OH excluding ortho intramolecular Hbond substituents is 1. The van der Waals surface area contributed by atoms with Gasteiger partial charge in [0.05, 0.1) is 0 Å². The predicted octanol–water partition coefficient (Wildman–Crippen LogP) is 3.91. The fraction of sp³-hybridized carbons (Fsp3) is 0.250. The molecule has 1 N–H and O–H groups in total. The van der Waals surface area contributed by atoms with Gasteiger partial charge in [-0.15, -0.1) is 0 Å². The van der Waals surface area contributed by atoms with Crippen molar-refractivity contribution in [1.29, 1.82) is 0 Å². The maximum atomic E-state index is 9.99. The van der Waals surface area contributed by atoms with Crippen LogP contribution in [-0.2, 0) is 6.42 Å². The van der Waals surface area contributed by atoms with Crippen LogP contribution in [0.1, 0.15) is 27.8 Å². The lowest BCUT2D eigenvalue weighted by molar-refractivity contribution is 0.466. The summed E-state index contributed by atoms with van der Waals surface area (Å²) >= 11 is 0. The number of rotatable bonds is 2. The molecule has 0 radical (unpaired) electrons. The van der Waals surface area contributed by atoms with Crippen LogP contribution in [0, 0.1) is 20.8 Å². The van der Waals surface area contributed by atoms with E-state index in [4.69, 9.17) is 0 Å².